The number of aliphatic hydroxyl groups excluding tert-OH is 2. The highest BCUT2D eigenvalue weighted by molar-refractivity contribution is 6.24. The number of nitrogens with zero attached hydrogens (tertiary/aromatic N) is 1. The number of amides is 1. The fraction of sp³-hybridized carbons (Fsp3) is 0.500. The number of phenols is 1. The van der Waals surface area contributed by atoms with Gasteiger partial charge >= 0.3 is 0 Å². The third-order valence-corrected chi connectivity index (χ3v) is 7.82. The largest absolute Gasteiger partial charge is 0.510 e. The van der Waals surface area contributed by atoms with E-state index >= 15 is 4.39 Å². The third-order valence-electron chi connectivity index (χ3n) is 7.82. The average molecular weight is 533 g/mol. The van der Waals surface area contributed by atoms with E-state index in [0.717, 1.165) is 0 Å². The second-order valence-corrected chi connectivity index (χ2v) is 10.9. The van der Waals surface area contributed by atoms with Gasteiger partial charge in [-0.1, -0.05) is 13.8 Å². The van der Waals surface area contributed by atoms with Gasteiger partial charge in [-0.15, -0.1) is 0 Å². The minimum atomic E-state index is -2.76. The summed E-state index contributed by atoms with van der Waals surface area (Å²) in [5.41, 5.74) is 6.43. The number of likely N-dealkylation sites (N-methyl/N-ethyl adjacent to an activating group) is 1. The van der Waals surface area contributed by atoms with Crippen LogP contribution in [0.5, 0.6) is 5.75 Å². The number of anilines is 1. The highest BCUT2D eigenvalue weighted by atomic mass is 19.1. The van der Waals surface area contributed by atoms with Crippen molar-refractivity contribution >= 4 is 23.2 Å². The maximum atomic E-state index is 15.8. The summed E-state index contributed by atoms with van der Waals surface area (Å²) in [4.78, 5) is 40.4. The number of phenolic OH excluding ortho intramolecular Hbond substituents is 1. The highest BCUT2D eigenvalue weighted by Gasteiger charge is 2.63. The molecule has 1 aromatic carbocycles. The number of Topliss-reactive ketones (excluding diaryl/α,β-unsaturated/α-hetero) is 2. The van der Waals surface area contributed by atoms with Gasteiger partial charge in [-0.25, -0.2) is 4.39 Å². The predicted molar refractivity (Wildman–Crippen MR) is 135 cm³/mol. The van der Waals surface area contributed by atoms with Crippen LogP contribution in [0.2, 0.25) is 0 Å². The Kier molecular flexibility index (Phi) is 6.79. The molecule has 0 spiro atoms. The summed E-state index contributed by atoms with van der Waals surface area (Å²) in [5.74, 6) is -8.52. The number of allylic oxidation sites excluding steroid dienone is 1. The molecule has 11 nitrogen and oxygen atoms in total. The van der Waals surface area contributed by atoms with Crippen LogP contribution >= 0.6 is 0 Å². The molecule has 4 atom stereocenters. The van der Waals surface area contributed by atoms with Crippen LogP contribution in [0.25, 0.3) is 0 Å². The Bertz CT molecular complexity index is 1320. The van der Waals surface area contributed by atoms with Crippen molar-refractivity contribution in [2.45, 2.75) is 44.9 Å². The number of aromatic hydroxyl groups is 1. The van der Waals surface area contributed by atoms with Crippen LogP contribution in [0, 0.1) is 23.6 Å². The smallest absolute Gasteiger partial charge is 0.255 e. The zero-order valence-electron chi connectivity index (χ0n) is 21.6. The number of rotatable bonds is 6. The summed E-state index contributed by atoms with van der Waals surface area (Å²) in [5, 5.41) is 47.5. The van der Waals surface area contributed by atoms with Crippen molar-refractivity contribution in [3.05, 3.63) is 45.2 Å². The summed E-state index contributed by atoms with van der Waals surface area (Å²) in [6.07, 6.45) is -0.275. The quantitative estimate of drug-likeness (QED) is 0.154. The molecule has 0 fully saturated rings. The molecular formula is C26H33FN4O7. The number of fused-ring (bicyclic) bond motifs is 3. The van der Waals surface area contributed by atoms with Crippen molar-refractivity contribution in [2.75, 3.05) is 26.4 Å². The Hall–Kier alpha value is -3.48. The lowest BCUT2D eigenvalue weighted by Gasteiger charge is -2.50. The van der Waals surface area contributed by atoms with Crippen LogP contribution in [0.1, 0.15) is 41.8 Å². The van der Waals surface area contributed by atoms with Crippen LogP contribution < -0.4 is 16.8 Å². The monoisotopic (exact) mass is 532 g/mol. The van der Waals surface area contributed by atoms with E-state index < -0.39 is 75.2 Å². The Morgan fingerprint density at radius 1 is 1.24 bits per heavy atom. The van der Waals surface area contributed by atoms with E-state index in [0.29, 0.717) is 6.54 Å². The molecule has 0 aliphatic heterocycles. The van der Waals surface area contributed by atoms with Gasteiger partial charge in [-0.3, -0.25) is 19.3 Å². The maximum absolute atomic E-state index is 15.8. The fourth-order valence-electron chi connectivity index (χ4n) is 6.08. The molecule has 0 unspecified atom stereocenters. The van der Waals surface area contributed by atoms with Gasteiger partial charge in [0.1, 0.15) is 28.7 Å². The first-order valence-corrected chi connectivity index (χ1v) is 12.3. The van der Waals surface area contributed by atoms with Crippen molar-refractivity contribution < 1.29 is 39.2 Å². The number of aliphatic hydroxyl groups is 3. The normalized spacial score (nSPS) is 27.1. The Labute approximate surface area is 218 Å². The predicted octanol–water partition coefficient (Wildman–Crippen LogP) is 0.588. The van der Waals surface area contributed by atoms with E-state index in [1.165, 1.54) is 19.0 Å². The second kappa shape index (κ2) is 9.37. The molecule has 3 aliphatic carbocycles. The molecule has 4 rings (SSSR count). The first kappa shape index (κ1) is 27.6. The molecule has 0 heterocycles. The van der Waals surface area contributed by atoms with E-state index in [9.17, 15) is 34.8 Å². The average Bonchev–Trinajstić information content (AvgIpc) is 2.81. The van der Waals surface area contributed by atoms with E-state index in [1.807, 2.05) is 13.8 Å². The lowest BCUT2D eigenvalue weighted by molar-refractivity contribution is -0.148. The molecule has 0 radical (unpaired) electrons. The van der Waals surface area contributed by atoms with Crippen LogP contribution in [0.15, 0.2) is 22.7 Å². The minimum Gasteiger partial charge on any atom is -0.510 e. The Morgan fingerprint density at radius 3 is 2.42 bits per heavy atom. The molecule has 1 aromatic rings. The van der Waals surface area contributed by atoms with Gasteiger partial charge in [0.2, 0.25) is 5.78 Å². The van der Waals surface area contributed by atoms with Gasteiger partial charge in [0.15, 0.2) is 11.4 Å². The van der Waals surface area contributed by atoms with Gasteiger partial charge in [-0.05, 0) is 45.3 Å². The number of nitrogen functional groups attached to an aromatic ring is 1. The van der Waals surface area contributed by atoms with Crippen LogP contribution in [0.4, 0.5) is 10.1 Å². The van der Waals surface area contributed by atoms with Crippen LogP contribution in [-0.2, 0) is 22.6 Å². The first-order chi connectivity index (χ1) is 17.7. The molecule has 1 amide bonds. The number of carbonyl (C=O) groups is 3. The second-order valence-electron chi connectivity index (χ2n) is 10.9. The van der Waals surface area contributed by atoms with Crippen molar-refractivity contribution in [2.24, 2.45) is 23.5 Å². The highest BCUT2D eigenvalue weighted by Crippen LogP contribution is 2.53. The molecule has 0 saturated heterocycles. The number of ketones is 2. The van der Waals surface area contributed by atoms with E-state index in [1.54, 1.807) is 0 Å². The summed E-state index contributed by atoms with van der Waals surface area (Å²) < 4.78 is 15.8. The third kappa shape index (κ3) is 3.77. The zero-order chi connectivity index (χ0) is 28.4. The van der Waals surface area contributed by atoms with Crippen molar-refractivity contribution in [3.63, 3.8) is 0 Å². The first-order valence-electron chi connectivity index (χ1n) is 12.3. The molecule has 9 N–H and O–H groups in total. The van der Waals surface area contributed by atoms with Crippen molar-refractivity contribution in [1.29, 1.82) is 0 Å². The van der Waals surface area contributed by atoms with E-state index in [4.69, 9.17) is 11.5 Å². The number of hydrogen-bond donors (Lipinski definition) is 7. The standard InChI is InChI=1S/C26H33FN4O7/c1-9(2)7-30-8-12-17(27)11-5-10-6-13-19(31(3)4)22(34)16(25(29)37)24(36)26(13,38)23(35)14(10)20(32)15(11)21(33)18(12)28/h9-10,13,19,30,33-35,38H,5-8,28H2,1-4H3,(H2,29,37)/t10-,13-,19-,26-/m0/s1. The summed E-state index contributed by atoms with van der Waals surface area (Å²) in [7, 11) is 3.06. The summed E-state index contributed by atoms with van der Waals surface area (Å²) in [6, 6.07) is -1.12. The topological polar surface area (TPSA) is 199 Å². The molecule has 0 bridgehead atoms. The van der Waals surface area contributed by atoms with Crippen LogP contribution in [-0.4, -0.2) is 75.1 Å². The fourth-order valence-corrected chi connectivity index (χ4v) is 6.08. The number of primary amides is 1. The summed E-state index contributed by atoms with van der Waals surface area (Å²) in [6.45, 7) is 4.51. The number of benzene rings is 1. The molecule has 12 heteroatoms. The minimum absolute atomic E-state index is 0.00403. The van der Waals surface area contributed by atoms with E-state index in [-0.39, 0.29) is 47.7 Å². The van der Waals surface area contributed by atoms with E-state index in [2.05, 4.69) is 5.32 Å². The molecule has 0 saturated carbocycles. The van der Waals surface area contributed by atoms with Crippen LogP contribution in [0.3, 0.4) is 0 Å². The number of nitrogens with two attached hydrogens (primary N) is 2. The number of carbonyl (C=O) groups excluding carboxylic acids is 3. The Balaban J connectivity index is 1.89. The van der Waals surface area contributed by atoms with Crippen molar-refractivity contribution in [3.8, 4) is 5.75 Å². The van der Waals surface area contributed by atoms with Gasteiger partial charge in [-0.2, -0.15) is 0 Å². The number of halogens is 1. The maximum Gasteiger partial charge on any atom is 0.255 e. The molecular weight excluding hydrogens is 499 g/mol. The summed E-state index contributed by atoms with van der Waals surface area (Å²) >= 11 is 0. The van der Waals surface area contributed by atoms with Gasteiger partial charge in [0, 0.05) is 29.2 Å². The lowest BCUT2D eigenvalue weighted by Crippen LogP contribution is -2.63. The molecule has 0 aromatic heterocycles. The van der Waals surface area contributed by atoms with Crippen molar-refractivity contribution in [1.82, 2.24) is 10.2 Å². The SMILES string of the molecule is CC(C)CNCc1c(N)c(O)c2c(c1F)C[C@H]1C[C@H]3[C@H](N(C)C)C(O)=C(C(N)=O)C(=O)[C@@]3(O)C(O)=C1C2=O. The zero-order valence-corrected chi connectivity index (χ0v) is 21.6. The van der Waals surface area contributed by atoms with Gasteiger partial charge in [0.05, 0.1) is 17.3 Å². The Morgan fingerprint density at radius 2 is 1.87 bits per heavy atom. The molecule has 3 aliphatic rings. The van der Waals surface area contributed by atoms with Gasteiger partial charge < -0.3 is 37.2 Å². The number of hydrogen-bond acceptors (Lipinski definition) is 10. The lowest BCUT2D eigenvalue weighted by atomic mass is 9.58. The van der Waals surface area contributed by atoms with Gasteiger partial charge in [0.25, 0.3) is 5.91 Å². The number of nitrogens with one attached hydrogen (secondary N) is 1. The molecule has 38 heavy (non-hydrogen) atoms. The molecule has 206 valence electrons.